The van der Waals surface area contributed by atoms with E-state index in [1.54, 1.807) is 6.07 Å². The number of benzene rings is 1. The molecule has 0 aliphatic carbocycles. The lowest BCUT2D eigenvalue weighted by atomic mass is 10.3. The Balaban J connectivity index is 2.58. The van der Waals surface area contributed by atoms with Crippen molar-refractivity contribution >= 4 is 17.6 Å². The molecule has 1 N–H and O–H groups in total. The van der Waals surface area contributed by atoms with E-state index in [0.29, 0.717) is 0 Å². The van der Waals surface area contributed by atoms with Gasteiger partial charge in [-0.25, -0.2) is 9.18 Å². The molecule has 80 valence electrons. The average molecular weight is 231 g/mol. The van der Waals surface area contributed by atoms with Crippen LogP contribution in [0.4, 0.5) is 4.39 Å². The molecule has 15 heavy (non-hydrogen) atoms. The first-order valence-electron chi connectivity index (χ1n) is 4.07. The predicted molar refractivity (Wildman–Crippen MR) is 53.7 cm³/mol. The number of hydrogen-bond acceptors (Lipinski definition) is 2. The molecule has 0 saturated heterocycles. The number of carbonyl (C=O) groups is 1. The molecule has 0 heterocycles. The van der Waals surface area contributed by atoms with Crippen molar-refractivity contribution in [3.05, 3.63) is 41.2 Å². The monoisotopic (exact) mass is 230 g/mol. The topological polar surface area (TPSA) is 46.5 Å². The molecule has 0 aliphatic heterocycles. The van der Waals surface area contributed by atoms with Crippen molar-refractivity contribution in [1.82, 2.24) is 0 Å². The third-order valence-corrected chi connectivity index (χ3v) is 1.80. The largest absolute Gasteiger partial charge is 0.486 e. The summed E-state index contributed by atoms with van der Waals surface area (Å²) in [6.45, 7) is -0.0242. The molecule has 0 atom stereocenters. The summed E-state index contributed by atoms with van der Waals surface area (Å²) >= 11 is 5.51. The van der Waals surface area contributed by atoms with Gasteiger partial charge in [-0.05, 0) is 18.2 Å². The van der Waals surface area contributed by atoms with Gasteiger partial charge in [0.25, 0.3) is 0 Å². The van der Waals surface area contributed by atoms with Crippen LogP contribution in [-0.4, -0.2) is 17.7 Å². The third-order valence-electron chi connectivity index (χ3n) is 1.51. The first-order chi connectivity index (χ1) is 7.11. The quantitative estimate of drug-likeness (QED) is 0.809. The molecule has 0 aromatic heterocycles. The highest BCUT2D eigenvalue weighted by Crippen LogP contribution is 2.23. The van der Waals surface area contributed by atoms with Gasteiger partial charge in [0.1, 0.15) is 6.61 Å². The molecule has 1 aromatic carbocycles. The van der Waals surface area contributed by atoms with Crippen LogP contribution in [0, 0.1) is 5.82 Å². The molecule has 0 unspecified atom stereocenters. The van der Waals surface area contributed by atoms with E-state index < -0.39 is 11.8 Å². The van der Waals surface area contributed by atoms with Crippen LogP contribution in [-0.2, 0) is 4.79 Å². The van der Waals surface area contributed by atoms with E-state index >= 15 is 0 Å². The molecule has 0 bridgehead atoms. The van der Waals surface area contributed by atoms with E-state index in [2.05, 4.69) is 0 Å². The summed E-state index contributed by atoms with van der Waals surface area (Å²) in [5, 5.41) is 8.24. The number of ether oxygens (including phenoxy) is 1. The second-order valence-electron chi connectivity index (χ2n) is 2.60. The van der Waals surface area contributed by atoms with E-state index in [4.69, 9.17) is 21.4 Å². The molecule has 1 aromatic rings. The highest BCUT2D eigenvalue weighted by molar-refractivity contribution is 6.30. The lowest BCUT2D eigenvalue weighted by molar-refractivity contribution is -0.131. The fraction of sp³-hybridized carbons (Fsp3) is 0.100. The predicted octanol–water partition coefficient (Wildman–Crippen LogP) is 2.50. The Labute approximate surface area is 90.7 Å². The standard InChI is InChI=1S/C10H8ClFO3/c11-7-3-1-4-8(10(7)12)15-6-2-5-9(13)14/h1-5H,6H2,(H,13,14)/b5-2+. The van der Waals surface area contributed by atoms with Gasteiger partial charge in [-0.2, -0.15) is 0 Å². The number of halogens is 2. The van der Waals surface area contributed by atoms with Crippen LogP contribution in [0.5, 0.6) is 5.75 Å². The van der Waals surface area contributed by atoms with E-state index in [-0.39, 0.29) is 17.4 Å². The van der Waals surface area contributed by atoms with Gasteiger partial charge in [0, 0.05) is 6.08 Å². The van der Waals surface area contributed by atoms with Gasteiger partial charge >= 0.3 is 5.97 Å². The Bertz CT molecular complexity index is 390. The zero-order valence-corrected chi connectivity index (χ0v) is 8.37. The number of hydrogen-bond donors (Lipinski definition) is 1. The molecule has 1 rings (SSSR count). The number of rotatable bonds is 4. The fourth-order valence-corrected chi connectivity index (χ4v) is 1.05. The van der Waals surface area contributed by atoms with Crippen LogP contribution < -0.4 is 4.74 Å². The third kappa shape index (κ3) is 3.59. The number of carboxylic acid groups (broad SMARTS) is 1. The number of aliphatic carboxylic acids is 1. The van der Waals surface area contributed by atoms with Gasteiger partial charge in [0.2, 0.25) is 0 Å². The summed E-state index contributed by atoms with van der Waals surface area (Å²) in [6, 6.07) is 4.36. The lowest BCUT2D eigenvalue weighted by Crippen LogP contribution is -1.97. The summed E-state index contributed by atoms with van der Waals surface area (Å²) in [5.41, 5.74) is 0. The smallest absolute Gasteiger partial charge is 0.328 e. The van der Waals surface area contributed by atoms with Crippen molar-refractivity contribution in [1.29, 1.82) is 0 Å². The van der Waals surface area contributed by atoms with E-state index in [0.717, 1.165) is 6.08 Å². The minimum absolute atomic E-state index is 0.00228. The first kappa shape index (κ1) is 11.5. The highest BCUT2D eigenvalue weighted by Gasteiger charge is 2.05. The van der Waals surface area contributed by atoms with Crippen molar-refractivity contribution in [2.75, 3.05) is 6.61 Å². The van der Waals surface area contributed by atoms with Crippen molar-refractivity contribution in [2.24, 2.45) is 0 Å². The Morgan fingerprint density at radius 1 is 1.60 bits per heavy atom. The van der Waals surface area contributed by atoms with Crippen molar-refractivity contribution in [2.45, 2.75) is 0 Å². The van der Waals surface area contributed by atoms with Crippen LogP contribution in [0.25, 0.3) is 0 Å². The normalized spacial score (nSPS) is 10.5. The Kier molecular flexibility index (Phi) is 4.12. The zero-order chi connectivity index (χ0) is 11.3. The van der Waals surface area contributed by atoms with Gasteiger partial charge in [0.05, 0.1) is 5.02 Å². The zero-order valence-electron chi connectivity index (χ0n) is 7.61. The van der Waals surface area contributed by atoms with Crippen molar-refractivity contribution in [3.8, 4) is 5.75 Å². The summed E-state index contributed by atoms with van der Waals surface area (Å²) in [7, 11) is 0. The van der Waals surface area contributed by atoms with Gasteiger partial charge in [-0.15, -0.1) is 0 Å². The van der Waals surface area contributed by atoms with E-state index in [9.17, 15) is 9.18 Å². The van der Waals surface area contributed by atoms with Crippen LogP contribution in [0.2, 0.25) is 5.02 Å². The second-order valence-corrected chi connectivity index (χ2v) is 3.01. The minimum Gasteiger partial charge on any atom is -0.486 e. The average Bonchev–Trinajstić information content (AvgIpc) is 2.18. The Morgan fingerprint density at radius 3 is 3.00 bits per heavy atom. The summed E-state index contributed by atoms with van der Waals surface area (Å²) in [5.74, 6) is -1.73. The van der Waals surface area contributed by atoms with Crippen LogP contribution in [0.3, 0.4) is 0 Å². The maximum Gasteiger partial charge on any atom is 0.328 e. The second kappa shape index (κ2) is 5.36. The molecule has 0 spiro atoms. The van der Waals surface area contributed by atoms with Crippen LogP contribution >= 0.6 is 11.6 Å². The summed E-state index contributed by atoms with van der Waals surface area (Å²) < 4.78 is 18.1. The van der Waals surface area contributed by atoms with Gasteiger partial charge in [-0.1, -0.05) is 17.7 Å². The maximum absolute atomic E-state index is 13.2. The van der Waals surface area contributed by atoms with Crippen molar-refractivity contribution in [3.63, 3.8) is 0 Å². The van der Waals surface area contributed by atoms with Gasteiger partial charge in [0.15, 0.2) is 11.6 Å². The highest BCUT2D eigenvalue weighted by atomic mass is 35.5. The SMILES string of the molecule is O=C(O)/C=C/COc1cccc(Cl)c1F. The molecule has 5 heteroatoms. The summed E-state index contributed by atoms with van der Waals surface area (Å²) in [4.78, 5) is 10.1. The van der Waals surface area contributed by atoms with E-state index in [1.807, 2.05) is 0 Å². The number of carboxylic acids is 1. The maximum atomic E-state index is 13.2. The van der Waals surface area contributed by atoms with Crippen molar-refractivity contribution < 1.29 is 19.0 Å². The Hall–Kier alpha value is -1.55. The lowest BCUT2D eigenvalue weighted by Gasteiger charge is -2.04. The fourth-order valence-electron chi connectivity index (χ4n) is 0.882. The minimum atomic E-state index is -1.08. The molecule has 0 amide bonds. The molecule has 0 radical (unpaired) electrons. The van der Waals surface area contributed by atoms with Gasteiger partial charge < -0.3 is 9.84 Å². The molecular formula is C10H8ClFO3. The summed E-state index contributed by atoms with van der Waals surface area (Å²) in [6.07, 6.45) is 2.19. The molecule has 3 nitrogen and oxygen atoms in total. The van der Waals surface area contributed by atoms with E-state index in [1.165, 1.54) is 18.2 Å². The van der Waals surface area contributed by atoms with Crippen LogP contribution in [0.1, 0.15) is 0 Å². The Morgan fingerprint density at radius 2 is 2.33 bits per heavy atom. The van der Waals surface area contributed by atoms with Crippen LogP contribution in [0.15, 0.2) is 30.4 Å². The molecule has 0 saturated carbocycles. The molecular weight excluding hydrogens is 223 g/mol. The van der Waals surface area contributed by atoms with Gasteiger partial charge in [-0.3, -0.25) is 0 Å². The molecule has 0 aliphatic rings. The molecule has 0 fully saturated rings. The first-order valence-corrected chi connectivity index (χ1v) is 4.45.